The number of carbonyl (C=O) groups is 1. The molecule has 27 heavy (non-hydrogen) atoms. The Hall–Kier alpha value is -3.49. The predicted octanol–water partition coefficient (Wildman–Crippen LogP) is 2.08. The molecule has 0 aliphatic rings. The summed E-state index contributed by atoms with van der Waals surface area (Å²) < 4.78 is 3.35. The summed E-state index contributed by atoms with van der Waals surface area (Å²) in [7, 11) is 0. The van der Waals surface area contributed by atoms with Crippen molar-refractivity contribution in [1.82, 2.24) is 24.9 Å². The molecule has 1 aromatic carbocycles. The zero-order valence-corrected chi connectivity index (χ0v) is 15.1. The largest absolute Gasteiger partial charge is 0.350 e. The molecule has 0 bridgehead atoms. The summed E-state index contributed by atoms with van der Waals surface area (Å²) in [6, 6.07) is 9.38. The van der Waals surface area contributed by atoms with Gasteiger partial charge in [-0.2, -0.15) is 10.2 Å². The van der Waals surface area contributed by atoms with E-state index in [9.17, 15) is 14.9 Å². The number of hydrogen-bond acceptors (Lipinski definition) is 5. The molecule has 9 nitrogen and oxygen atoms in total. The fourth-order valence-corrected chi connectivity index (χ4v) is 2.72. The zero-order chi connectivity index (χ0) is 19.4. The molecule has 0 saturated carbocycles. The number of nitrogens with one attached hydrogen (secondary N) is 1. The van der Waals surface area contributed by atoms with Crippen LogP contribution in [-0.4, -0.2) is 36.9 Å². The van der Waals surface area contributed by atoms with Crippen LogP contribution in [0.25, 0.3) is 0 Å². The van der Waals surface area contributed by atoms with Gasteiger partial charge in [0, 0.05) is 17.8 Å². The molecule has 0 spiro atoms. The van der Waals surface area contributed by atoms with Crippen LogP contribution in [0.5, 0.6) is 0 Å². The maximum atomic E-state index is 12.2. The number of benzene rings is 1. The standard InChI is InChI=1S/C18H20N6O3/c1-13-9-14(2)23(21-13)11-15-3-5-16(6-4-15)18(25)19-7-8-22-12-17(10-20-22)24(26)27/h3-6,9-10,12H,7-8,11H2,1-2H3,(H,19,25). The molecule has 2 aromatic heterocycles. The number of carbonyl (C=O) groups excluding carboxylic acids is 1. The average Bonchev–Trinajstić information content (AvgIpc) is 3.22. The van der Waals surface area contributed by atoms with Gasteiger partial charge < -0.3 is 5.32 Å². The third kappa shape index (κ3) is 4.57. The SMILES string of the molecule is Cc1cc(C)n(Cc2ccc(C(=O)NCCn3cc([N+](=O)[O-])cn3)cc2)n1. The quantitative estimate of drug-likeness (QED) is 0.507. The first-order chi connectivity index (χ1) is 12.9. The molecular formula is C18H20N6O3. The molecule has 0 atom stereocenters. The van der Waals surface area contributed by atoms with Gasteiger partial charge in [-0.15, -0.1) is 0 Å². The highest BCUT2D eigenvalue weighted by molar-refractivity contribution is 5.94. The summed E-state index contributed by atoms with van der Waals surface area (Å²) >= 11 is 0. The minimum Gasteiger partial charge on any atom is -0.350 e. The van der Waals surface area contributed by atoms with Crippen LogP contribution in [0.1, 0.15) is 27.3 Å². The van der Waals surface area contributed by atoms with Crippen LogP contribution in [0.15, 0.2) is 42.7 Å². The van der Waals surface area contributed by atoms with Crippen molar-refractivity contribution in [3.63, 3.8) is 0 Å². The van der Waals surface area contributed by atoms with Crippen molar-refractivity contribution < 1.29 is 9.72 Å². The highest BCUT2D eigenvalue weighted by atomic mass is 16.6. The van der Waals surface area contributed by atoms with E-state index in [2.05, 4.69) is 15.5 Å². The van der Waals surface area contributed by atoms with Crippen LogP contribution < -0.4 is 5.32 Å². The van der Waals surface area contributed by atoms with Gasteiger partial charge in [-0.1, -0.05) is 12.1 Å². The number of hydrogen-bond donors (Lipinski definition) is 1. The highest BCUT2D eigenvalue weighted by Crippen LogP contribution is 2.10. The second kappa shape index (κ2) is 7.81. The third-order valence-corrected chi connectivity index (χ3v) is 4.11. The highest BCUT2D eigenvalue weighted by Gasteiger charge is 2.10. The van der Waals surface area contributed by atoms with Crippen LogP contribution in [-0.2, 0) is 13.1 Å². The minimum absolute atomic E-state index is 0.0699. The molecule has 0 aliphatic heterocycles. The lowest BCUT2D eigenvalue weighted by Crippen LogP contribution is -2.27. The summed E-state index contributed by atoms with van der Waals surface area (Å²) in [5.74, 6) is -0.200. The third-order valence-electron chi connectivity index (χ3n) is 4.11. The van der Waals surface area contributed by atoms with Crippen LogP contribution in [0.4, 0.5) is 5.69 Å². The molecule has 0 fully saturated rings. The zero-order valence-electron chi connectivity index (χ0n) is 15.1. The Bertz CT molecular complexity index is 958. The van der Waals surface area contributed by atoms with Crippen LogP contribution >= 0.6 is 0 Å². The minimum atomic E-state index is -0.504. The lowest BCUT2D eigenvalue weighted by Gasteiger charge is -2.07. The second-order valence-electron chi connectivity index (χ2n) is 6.26. The Morgan fingerprint density at radius 3 is 2.59 bits per heavy atom. The van der Waals surface area contributed by atoms with E-state index in [0.29, 0.717) is 25.2 Å². The summed E-state index contributed by atoms with van der Waals surface area (Å²) in [6.45, 7) is 5.30. The Morgan fingerprint density at radius 2 is 2.00 bits per heavy atom. The van der Waals surface area contributed by atoms with Crippen LogP contribution in [0.3, 0.4) is 0 Å². The Balaban J connectivity index is 1.52. The molecule has 3 aromatic rings. The van der Waals surface area contributed by atoms with E-state index in [0.717, 1.165) is 17.0 Å². The molecule has 1 N–H and O–H groups in total. The lowest BCUT2D eigenvalue weighted by molar-refractivity contribution is -0.385. The molecule has 0 saturated heterocycles. The monoisotopic (exact) mass is 368 g/mol. The van der Waals surface area contributed by atoms with E-state index >= 15 is 0 Å². The van der Waals surface area contributed by atoms with Gasteiger partial charge in [0.25, 0.3) is 5.91 Å². The van der Waals surface area contributed by atoms with Gasteiger partial charge in [0.2, 0.25) is 0 Å². The van der Waals surface area contributed by atoms with E-state index in [1.807, 2.05) is 36.7 Å². The number of nitro groups is 1. The topological polar surface area (TPSA) is 108 Å². The van der Waals surface area contributed by atoms with Crippen molar-refractivity contribution in [3.8, 4) is 0 Å². The molecule has 0 unspecified atom stereocenters. The van der Waals surface area contributed by atoms with Gasteiger partial charge in [0.15, 0.2) is 0 Å². The molecule has 0 radical (unpaired) electrons. The molecule has 2 heterocycles. The van der Waals surface area contributed by atoms with Gasteiger partial charge in [0.05, 0.1) is 23.7 Å². The van der Waals surface area contributed by atoms with Gasteiger partial charge in [-0.05, 0) is 37.6 Å². The smallest absolute Gasteiger partial charge is 0.306 e. The Morgan fingerprint density at radius 1 is 1.26 bits per heavy atom. The van der Waals surface area contributed by atoms with Crippen molar-refractivity contribution in [2.75, 3.05) is 6.54 Å². The number of aromatic nitrogens is 4. The van der Waals surface area contributed by atoms with E-state index in [1.165, 1.54) is 17.1 Å². The number of amides is 1. The average molecular weight is 368 g/mol. The number of aryl methyl sites for hydroxylation is 2. The molecule has 1 amide bonds. The van der Waals surface area contributed by atoms with E-state index in [-0.39, 0.29) is 11.6 Å². The summed E-state index contributed by atoms with van der Waals surface area (Å²) in [6.07, 6.45) is 2.52. The summed E-state index contributed by atoms with van der Waals surface area (Å²) in [5.41, 5.74) is 3.61. The summed E-state index contributed by atoms with van der Waals surface area (Å²) in [5, 5.41) is 21.7. The Kier molecular flexibility index (Phi) is 5.30. The van der Waals surface area contributed by atoms with Gasteiger partial charge >= 0.3 is 5.69 Å². The van der Waals surface area contributed by atoms with Gasteiger partial charge in [-0.25, -0.2) is 0 Å². The van der Waals surface area contributed by atoms with Crippen molar-refractivity contribution in [3.05, 3.63) is 75.4 Å². The first-order valence-electron chi connectivity index (χ1n) is 8.47. The molecule has 9 heteroatoms. The maximum Gasteiger partial charge on any atom is 0.306 e. The number of nitrogens with zero attached hydrogens (tertiary/aromatic N) is 5. The molecule has 3 rings (SSSR count). The van der Waals surface area contributed by atoms with E-state index in [1.54, 1.807) is 12.1 Å². The van der Waals surface area contributed by atoms with Crippen molar-refractivity contribution >= 4 is 11.6 Å². The van der Waals surface area contributed by atoms with Gasteiger partial charge in [0.1, 0.15) is 12.4 Å². The molecule has 0 aliphatic carbocycles. The predicted molar refractivity (Wildman–Crippen MR) is 98.5 cm³/mol. The first-order valence-corrected chi connectivity index (χ1v) is 8.47. The molecular weight excluding hydrogens is 348 g/mol. The van der Waals surface area contributed by atoms with Crippen molar-refractivity contribution in [2.45, 2.75) is 26.9 Å². The summed E-state index contributed by atoms with van der Waals surface area (Å²) in [4.78, 5) is 22.3. The maximum absolute atomic E-state index is 12.2. The fraction of sp³-hybridized carbons (Fsp3) is 0.278. The van der Waals surface area contributed by atoms with Crippen molar-refractivity contribution in [2.24, 2.45) is 0 Å². The lowest BCUT2D eigenvalue weighted by atomic mass is 10.1. The second-order valence-corrected chi connectivity index (χ2v) is 6.26. The van der Waals surface area contributed by atoms with Crippen LogP contribution in [0.2, 0.25) is 0 Å². The van der Waals surface area contributed by atoms with Crippen molar-refractivity contribution in [1.29, 1.82) is 0 Å². The number of rotatable bonds is 7. The van der Waals surface area contributed by atoms with E-state index < -0.39 is 4.92 Å². The first kappa shape index (κ1) is 18.3. The normalized spacial score (nSPS) is 10.7. The fourth-order valence-electron chi connectivity index (χ4n) is 2.72. The van der Waals surface area contributed by atoms with E-state index in [4.69, 9.17) is 0 Å². The van der Waals surface area contributed by atoms with Crippen LogP contribution in [0, 0.1) is 24.0 Å². The van der Waals surface area contributed by atoms with Gasteiger partial charge in [-0.3, -0.25) is 24.3 Å². The Labute approximate surface area is 155 Å². The molecule has 140 valence electrons.